The van der Waals surface area contributed by atoms with Gasteiger partial charge in [-0.2, -0.15) is 21.0 Å². The first-order valence-electron chi connectivity index (χ1n) is 45.4. The van der Waals surface area contributed by atoms with Gasteiger partial charge < -0.3 is 47.7 Å². The molecule has 0 bridgehead atoms. The van der Waals surface area contributed by atoms with Gasteiger partial charge in [0.1, 0.15) is 0 Å². The highest BCUT2D eigenvalue weighted by atomic mass is 35.5. The van der Waals surface area contributed by atoms with Gasteiger partial charge in [0, 0.05) is 199 Å². The molecule has 12 aromatic rings. The molecule has 133 heavy (non-hydrogen) atoms. The Kier molecular flexibility index (Phi) is 31.6. The van der Waals surface area contributed by atoms with Crippen molar-refractivity contribution >= 4 is 166 Å². The monoisotopic (exact) mass is 1940 g/mol. The van der Waals surface area contributed by atoms with Crippen molar-refractivity contribution in [1.82, 2.24) is 37.9 Å². The molecular formula is C106H108Cl8N12O7. The van der Waals surface area contributed by atoms with Crippen molar-refractivity contribution in [3.05, 3.63) is 273 Å². The average Bonchev–Trinajstić information content (AvgIpc) is 1.66. The molecule has 0 radical (unpaired) electrons. The molecular weight excluding hydrogens is 1840 g/mol. The number of hydrogen-bond acceptors (Lipinski definition) is 11. The van der Waals surface area contributed by atoms with E-state index in [9.17, 15) is 50.1 Å². The van der Waals surface area contributed by atoms with Gasteiger partial charge in [0.15, 0.2) is 0 Å². The van der Waals surface area contributed by atoms with Crippen molar-refractivity contribution in [2.75, 3.05) is 59.5 Å². The van der Waals surface area contributed by atoms with Crippen molar-refractivity contribution in [3.8, 4) is 24.3 Å². The molecule has 1 aliphatic carbocycles. The van der Waals surface area contributed by atoms with E-state index in [4.69, 9.17) is 97.5 Å². The molecule has 8 heterocycles. The molecule has 4 aliphatic heterocycles. The van der Waals surface area contributed by atoms with Gasteiger partial charge >= 0.3 is 5.97 Å². The third-order valence-electron chi connectivity index (χ3n) is 28.1. The lowest BCUT2D eigenvalue weighted by molar-refractivity contribution is -0.142. The molecule has 17 rings (SSSR count). The molecule has 1 saturated carbocycles. The minimum atomic E-state index is -0.315. The molecule has 1 N–H and O–H groups in total. The maximum absolute atomic E-state index is 13.4. The maximum Gasteiger partial charge on any atom is 0.305 e. The van der Waals surface area contributed by atoms with Crippen LogP contribution in [0.25, 0.3) is 43.6 Å². The first kappa shape index (κ1) is 98.5. The van der Waals surface area contributed by atoms with E-state index in [-0.39, 0.29) is 41.6 Å². The number of fused-ring (bicyclic) bond motifs is 4. The Labute approximate surface area is 817 Å². The Balaban J connectivity index is 0.000000143. The summed E-state index contributed by atoms with van der Waals surface area (Å²) < 4.78 is 13.0. The SMILES string of the molecule is COC(=O)CC1CCN(C(=O)c2ccc(Cl)c(Cc3cc4c(C)cc(C#N)cc4n3C)c2Cl)CC1.Cc1cc(C#N)cc2c1cc(Cc1c(Cl)ccc(C(=O)N3CCC(CC(C)O)CC3)c1Cl)n2C.Cc1cc(C#N)cc2c1cc(Cc1c(Cl)ccc(C(=O)N3CCC4(CCCC4)CC3)c1Cl)n2C.Cc1cc(C#N)cc2c1cc(Cc1c(Cl)ccc(C(=O)N3CCCCC3)c1Cl)n2C. The molecule has 1 unspecified atom stereocenters. The van der Waals surface area contributed by atoms with Crippen LogP contribution in [0, 0.1) is 90.3 Å². The average molecular weight is 1950 g/mol. The number of esters is 1. The summed E-state index contributed by atoms with van der Waals surface area (Å²) in [5.41, 5.74) is 20.0. The number of rotatable bonds is 16. The summed E-state index contributed by atoms with van der Waals surface area (Å²) in [5, 5.41) is 55.1. The second-order valence-electron chi connectivity index (χ2n) is 36.6. The number of aryl methyl sites for hydroxylation is 8. The van der Waals surface area contributed by atoms with Crippen molar-refractivity contribution < 1.29 is 33.8 Å². The van der Waals surface area contributed by atoms with Crippen molar-refractivity contribution in [3.63, 3.8) is 0 Å². The van der Waals surface area contributed by atoms with Gasteiger partial charge in [0.2, 0.25) is 0 Å². The molecule has 4 amide bonds. The fourth-order valence-corrected chi connectivity index (χ4v) is 22.5. The van der Waals surface area contributed by atoms with Crippen molar-refractivity contribution in [1.29, 1.82) is 21.0 Å². The van der Waals surface area contributed by atoms with Crippen LogP contribution in [0.5, 0.6) is 0 Å². The number of nitrogens with zero attached hydrogens (tertiary/aromatic N) is 12. The van der Waals surface area contributed by atoms with Crippen molar-refractivity contribution in [2.45, 2.75) is 163 Å². The number of piperidine rings is 4. The Morgan fingerprint density at radius 2 is 0.654 bits per heavy atom. The van der Waals surface area contributed by atoms with E-state index in [0.717, 1.165) is 196 Å². The second kappa shape index (κ2) is 42.6. The van der Waals surface area contributed by atoms with Crippen LogP contribution in [0.1, 0.15) is 234 Å². The van der Waals surface area contributed by atoms with Crippen LogP contribution in [-0.4, -0.2) is 138 Å². The van der Waals surface area contributed by atoms with Crippen LogP contribution in [0.15, 0.2) is 121 Å². The van der Waals surface area contributed by atoms with Gasteiger partial charge in [-0.05, 0) is 295 Å². The normalized spacial score (nSPS) is 15.4. The minimum absolute atomic E-state index is 0.00214. The van der Waals surface area contributed by atoms with E-state index < -0.39 is 0 Å². The quantitative estimate of drug-likeness (QED) is 0.0892. The zero-order valence-electron chi connectivity index (χ0n) is 76.7. The molecule has 27 heteroatoms. The van der Waals surface area contributed by atoms with Gasteiger partial charge in [-0.1, -0.05) is 106 Å². The summed E-state index contributed by atoms with van der Waals surface area (Å²) in [5.74, 6) is 0.218. The topological polar surface area (TPSA) is 243 Å². The summed E-state index contributed by atoms with van der Waals surface area (Å²) in [4.78, 5) is 72.1. The lowest BCUT2D eigenvalue weighted by Crippen LogP contribution is -2.42. The fraction of sp³-hybridized carbons (Fsp3) is 0.387. The van der Waals surface area contributed by atoms with Crippen LogP contribution in [-0.2, 0) is 63.4 Å². The molecule has 1 atom stereocenters. The van der Waals surface area contributed by atoms with E-state index in [1.165, 1.54) is 32.8 Å². The molecule has 5 aliphatic rings. The molecule has 4 saturated heterocycles. The summed E-state index contributed by atoms with van der Waals surface area (Å²) >= 11 is 53.3. The molecule has 1 spiro atoms. The highest BCUT2D eigenvalue weighted by Gasteiger charge is 2.39. The largest absolute Gasteiger partial charge is 0.469 e. The smallest absolute Gasteiger partial charge is 0.305 e. The number of nitriles is 4. The number of aromatic nitrogens is 4. The summed E-state index contributed by atoms with van der Waals surface area (Å²) in [6, 6.07) is 46.3. The third-order valence-corrected chi connectivity index (χ3v) is 31.2. The standard InChI is InChI=1S/C28H29Cl2N3O.C27H27Cl2N3O3.C27H29Cl2N3O2.C24H23Cl2N3O/c1-18-13-19(17-31)14-25-22(18)15-20(32(25)2)16-23-24(29)6-5-21(26(23)30)27(34)33-11-9-28(10-12-33)7-3-4-8-28;1-16-10-18(15-30)11-24-21(16)13-19(31(24)2)14-22-23(28)5-4-20(26(22)29)27(34)32-8-6-17(7-9-32)12-25(33)35-3;1-16-10-19(15-30)12-25-22(16)13-20(31(25)3)14-23-24(28)5-4-21(26(23)29)27(34)32-8-6-18(7-9-32)11-17(2)33;1-15-10-16(14-27)11-22-19(15)12-17(28(22)2)13-20-21(25)7-6-18(23(20)26)24(30)29-8-4-3-5-9-29/h5-6,13-15H,3-4,7-12,16H2,1-2H3;4-5,10-11,13,17H,6-9,12,14H2,1-3H3;4-5,10,12-13,17-18,33H,6-9,11,14H2,1-3H3;6-7,10-12H,3-5,8-9,13H2,1-2H3. The number of benzene rings is 8. The molecule has 5 fully saturated rings. The number of aliphatic hydroxyl groups is 1. The predicted molar refractivity (Wildman–Crippen MR) is 533 cm³/mol. The van der Waals surface area contributed by atoms with Gasteiger partial charge in [-0.25, -0.2) is 0 Å². The minimum Gasteiger partial charge on any atom is -0.469 e. The summed E-state index contributed by atoms with van der Waals surface area (Å²) in [6.07, 6.45) is 16.7. The first-order chi connectivity index (χ1) is 63.6. The first-order valence-corrected chi connectivity index (χ1v) is 48.4. The number of carbonyl (C=O) groups is 5. The zero-order chi connectivity index (χ0) is 95.3. The van der Waals surface area contributed by atoms with Crippen LogP contribution >= 0.6 is 92.8 Å². The van der Waals surface area contributed by atoms with Crippen LogP contribution in [0.2, 0.25) is 40.2 Å². The Morgan fingerprint density at radius 1 is 0.383 bits per heavy atom. The third kappa shape index (κ3) is 21.4. The molecule has 4 aromatic heterocycles. The number of carbonyl (C=O) groups excluding carboxylic acids is 5. The Bertz CT molecular complexity index is 6730. The van der Waals surface area contributed by atoms with Crippen molar-refractivity contribution in [2.24, 2.45) is 45.4 Å². The number of methoxy groups -OCH3 is 1. The maximum atomic E-state index is 13.4. The van der Waals surface area contributed by atoms with Gasteiger partial charge in [-0.3, -0.25) is 24.0 Å². The highest BCUT2D eigenvalue weighted by Crippen LogP contribution is 2.48. The van der Waals surface area contributed by atoms with E-state index in [0.29, 0.717) is 160 Å². The van der Waals surface area contributed by atoms with E-state index in [2.05, 4.69) is 62.2 Å². The van der Waals surface area contributed by atoms with Gasteiger partial charge in [-0.15, -0.1) is 0 Å². The number of likely N-dealkylation sites (tertiary alicyclic amines) is 4. The predicted octanol–water partition coefficient (Wildman–Crippen LogP) is 24.5. The van der Waals surface area contributed by atoms with Gasteiger partial charge in [0.05, 0.1) is 102 Å². The number of amides is 4. The summed E-state index contributed by atoms with van der Waals surface area (Å²) in [7, 11) is 9.27. The molecule has 690 valence electrons. The van der Waals surface area contributed by atoms with E-state index in [1.807, 2.05) is 131 Å². The van der Waals surface area contributed by atoms with Crippen LogP contribution in [0.3, 0.4) is 0 Å². The van der Waals surface area contributed by atoms with Crippen LogP contribution in [0.4, 0.5) is 0 Å². The number of aliphatic hydroxyl groups excluding tert-OH is 1. The fourth-order valence-electron chi connectivity index (χ4n) is 20.1. The lowest BCUT2D eigenvalue weighted by Gasteiger charge is -2.39. The zero-order valence-corrected chi connectivity index (χ0v) is 82.7. The van der Waals surface area contributed by atoms with E-state index >= 15 is 0 Å². The Hall–Kier alpha value is -10.5. The van der Waals surface area contributed by atoms with Gasteiger partial charge in [0.25, 0.3) is 23.6 Å². The number of ether oxygens (including phenoxy) is 1. The second-order valence-corrected chi connectivity index (χ2v) is 39.7. The van der Waals surface area contributed by atoms with Crippen LogP contribution < -0.4 is 0 Å². The lowest BCUT2D eigenvalue weighted by atomic mass is 9.77. The molecule has 19 nitrogen and oxygen atoms in total. The van der Waals surface area contributed by atoms with E-state index in [1.54, 1.807) is 53.4 Å². The Morgan fingerprint density at radius 3 is 0.925 bits per heavy atom. The molecule has 8 aromatic carbocycles. The highest BCUT2D eigenvalue weighted by molar-refractivity contribution is 6.40. The summed E-state index contributed by atoms with van der Waals surface area (Å²) in [6.45, 7) is 15.4. The number of hydrogen-bond donors (Lipinski definition) is 1. The number of halogens is 8.